The molecule has 0 radical (unpaired) electrons. The molecule has 2 aromatic rings. The van der Waals surface area contributed by atoms with Crippen LogP contribution in [0.5, 0.6) is 5.88 Å². The van der Waals surface area contributed by atoms with Crippen LogP contribution in [0, 0.1) is 0 Å². The fourth-order valence-corrected chi connectivity index (χ4v) is 1.66. The van der Waals surface area contributed by atoms with E-state index in [-0.39, 0.29) is 5.60 Å². The zero-order chi connectivity index (χ0) is 14.8. The van der Waals surface area contributed by atoms with Gasteiger partial charge >= 0.3 is 0 Å². The van der Waals surface area contributed by atoms with Crippen LogP contribution in [0.4, 0.5) is 11.5 Å². The van der Waals surface area contributed by atoms with Crippen molar-refractivity contribution in [1.82, 2.24) is 14.5 Å². The molecule has 0 amide bonds. The first-order valence-electron chi connectivity index (χ1n) is 6.51. The van der Waals surface area contributed by atoms with Gasteiger partial charge in [-0.1, -0.05) is 0 Å². The third kappa shape index (κ3) is 3.63. The molecule has 6 heteroatoms. The van der Waals surface area contributed by atoms with Gasteiger partial charge < -0.3 is 20.4 Å². The Kier molecular flexibility index (Phi) is 3.83. The number of hydrogen-bond donors (Lipinski definition) is 2. The molecule has 0 aliphatic rings. The summed E-state index contributed by atoms with van der Waals surface area (Å²) in [7, 11) is 1.95. The van der Waals surface area contributed by atoms with Crippen LogP contribution < -0.4 is 15.8 Å². The van der Waals surface area contributed by atoms with Crippen LogP contribution in [0.25, 0.3) is 0 Å². The van der Waals surface area contributed by atoms with E-state index in [1.165, 1.54) is 0 Å². The van der Waals surface area contributed by atoms with Crippen LogP contribution in [0.2, 0.25) is 0 Å². The fraction of sp³-hybridized carbons (Fsp3) is 0.429. The van der Waals surface area contributed by atoms with Gasteiger partial charge in [-0.2, -0.15) is 4.98 Å². The number of anilines is 2. The van der Waals surface area contributed by atoms with Crippen LogP contribution in [-0.4, -0.2) is 20.1 Å². The molecule has 0 saturated carbocycles. The van der Waals surface area contributed by atoms with Gasteiger partial charge in [0, 0.05) is 19.4 Å². The van der Waals surface area contributed by atoms with E-state index in [0.29, 0.717) is 23.9 Å². The summed E-state index contributed by atoms with van der Waals surface area (Å²) < 4.78 is 7.69. The largest absolute Gasteiger partial charge is 0.470 e. The van der Waals surface area contributed by atoms with Crippen molar-refractivity contribution < 1.29 is 4.74 Å². The van der Waals surface area contributed by atoms with Crippen molar-refractivity contribution >= 4 is 11.5 Å². The second-order valence-electron chi connectivity index (χ2n) is 5.61. The molecule has 0 atom stereocenters. The molecule has 0 fully saturated rings. The molecule has 6 nitrogen and oxygen atoms in total. The maximum Gasteiger partial charge on any atom is 0.239 e. The molecule has 108 valence electrons. The average molecular weight is 275 g/mol. The van der Waals surface area contributed by atoms with Gasteiger partial charge in [0.1, 0.15) is 17.2 Å². The normalized spacial score (nSPS) is 11.4. The molecule has 0 unspecified atom stereocenters. The summed E-state index contributed by atoms with van der Waals surface area (Å²) in [5.74, 6) is 2.09. The zero-order valence-electron chi connectivity index (χ0n) is 12.3. The van der Waals surface area contributed by atoms with E-state index in [2.05, 4.69) is 15.3 Å². The maximum absolute atomic E-state index is 5.88. The summed E-state index contributed by atoms with van der Waals surface area (Å²) in [4.78, 5) is 8.64. The molecule has 20 heavy (non-hydrogen) atoms. The SMILES string of the molecule is Cn1ccnc1CNc1ccc(N)c(OC(C)(C)C)n1. The number of rotatable bonds is 4. The highest BCUT2D eigenvalue weighted by atomic mass is 16.5. The van der Waals surface area contributed by atoms with E-state index in [1.54, 1.807) is 12.3 Å². The zero-order valence-corrected chi connectivity index (χ0v) is 12.3. The highest BCUT2D eigenvalue weighted by molar-refractivity contribution is 5.53. The second kappa shape index (κ2) is 5.40. The Morgan fingerprint density at radius 2 is 2.10 bits per heavy atom. The first-order valence-corrected chi connectivity index (χ1v) is 6.51. The van der Waals surface area contributed by atoms with Gasteiger partial charge in [0.25, 0.3) is 0 Å². The second-order valence-corrected chi connectivity index (χ2v) is 5.61. The van der Waals surface area contributed by atoms with Crippen molar-refractivity contribution in [3.63, 3.8) is 0 Å². The predicted molar refractivity (Wildman–Crippen MR) is 79.6 cm³/mol. The van der Waals surface area contributed by atoms with Crippen molar-refractivity contribution in [2.24, 2.45) is 7.05 Å². The predicted octanol–water partition coefficient (Wildman–Crippen LogP) is 2.19. The van der Waals surface area contributed by atoms with E-state index < -0.39 is 0 Å². The molecule has 0 saturated heterocycles. The van der Waals surface area contributed by atoms with Gasteiger partial charge in [-0.3, -0.25) is 0 Å². The lowest BCUT2D eigenvalue weighted by molar-refractivity contribution is 0.125. The molecular formula is C14H21N5O. The Morgan fingerprint density at radius 3 is 2.70 bits per heavy atom. The number of nitrogens with two attached hydrogens (primary N) is 1. The van der Waals surface area contributed by atoms with Crippen molar-refractivity contribution in [3.05, 3.63) is 30.4 Å². The van der Waals surface area contributed by atoms with E-state index in [0.717, 1.165) is 5.82 Å². The number of nitrogen functional groups attached to an aromatic ring is 1. The molecule has 0 aromatic carbocycles. The van der Waals surface area contributed by atoms with Gasteiger partial charge in [-0.15, -0.1) is 0 Å². The number of nitrogens with one attached hydrogen (secondary N) is 1. The minimum absolute atomic E-state index is 0.334. The lowest BCUT2D eigenvalue weighted by atomic mass is 10.2. The van der Waals surface area contributed by atoms with E-state index >= 15 is 0 Å². The van der Waals surface area contributed by atoms with Gasteiger partial charge in [-0.25, -0.2) is 4.98 Å². The Balaban J connectivity index is 2.09. The monoisotopic (exact) mass is 275 g/mol. The van der Waals surface area contributed by atoms with Crippen LogP contribution in [-0.2, 0) is 13.6 Å². The van der Waals surface area contributed by atoms with E-state index in [4.69, 9.17) is 10.5 Å². The molecule has 0 aliphatic carbocycles. The minimum Gasteiger partial charge on any atom is -0.470 e. The quantitative estimate of drug-likeness (QED) is 0.894. The fourth-order valence-electron chi connectivity index (χ4n) is 1.66. The van der Waals surface area contributed by atoms with Crippen LogP contribution in [0.15, 0.2) is 24.5 Å². The number of imidazole rings is 1. The summed E-state index contributed by atoms with van der Waals surface area (Å²) in [5.41, 5.74) is 6.08. The Bertz CT molecular complexity index is 585. The lowest BCUT2D eigenvalue weighted by Gasteiger charge is -2.21. The number of ether oxygens (including phenoxy) is 1. The first kappa shape index (κ1) is 14.2. The summed E-state index contributed by atoms with van der Waals surface area (Å²) in [6, 6.07) is 3.61. The number of aryl methyl sites for hydroxylation is 1. The molecule has 0 bridgehead atoms. The van der Waals surface area contributed by atoms with Crippen LogP contribution >= 0.6 is 0 Å². The molecule has 3 N–H and O–H groups in total. The molecular weight excluding hydrogens is 254 g/mol. The van der Waals surface area contributed by atoms with Gasteiger partial charge in [0.2, 0.25) is 5.88 Å². The van der Waals surface area contributed by atoms with Crippen molar-refractivity contribution in [3.8, 4) is 5.88 Å². The first-order chi connectivity index (χ1) is 9.35. The molecule has 2 aromatic heterocycles. The topological polar surface area (TPSA) is 78.0 Å². The summed E-state index contributed by atoms with van der Waals surface area (Å²) >= 11 is 0. The minimum atomic E-state index is -0.334. The summed E-state index contributed by atoms with van der Waals surface area (Å²) in [6.45, 7) is 6.47. The standard InChI is InChI=1S/C14H21N5O/c1-14(2,3)20-13-10(15)5-6-11(18-13)17-9-12-16-7-8-19(12)4/h5-8H,9,15H2,1-4H3,(H,17,18). The third-order valence-corrected chi connectivity index (χ3v) is 2.64. The summed E-state index contributed by atoms with van der Waals surface area (Å²) in [6.07, 6.45) is 3.67. The maximum atomic E-state index is 5.88. The van der Waals surface area contributed by atoms with Gasteiger partial charge in [-0.05, 0) is 32.9 Å². The smallest absolute Gasteiger partial charge is 0.239 e. The number of hydrogen-bond acceptors (Lipinski definition) is 5. The molecule has 0 aliphatic heterocycles. The van der Waals surface area contributed by atoms with Gasteiger partial charge in [0.15, 0.2) is 0 Å². The lowest BCUT2D eigenvalue weighted by Crippen LogP contribution is -2.24. The Labute approximate surface area is 119 Å². The molecule has 2 rings (SSSR count). The van der Waals surface area contributed by atoms with E-state index in [9.17, 15) is 0 Å². The van der Waals surface area contributed by atoms with E-state index in [1.807, 2.05) is 44.6 Å². The van der Waals surface area contributed by atoms with Gasteiger partial charge in [0.05, 0.1) is 12.2 Å². The van der Waals surface area contributed by atoms with Crippen LogP contribution in [0.1, 0.15) is 26.6 Å². The Morgan fingerprint density at radius 1 is 1.35 bits per heavy atom. The highest BCUT2D eigenvalue weighted by Gasteiger charge is 2.15. The van der Waals surface area contributed by atoms with Crippen LogP contribution in [0.3, 0.4) is 0 Å². The average Bonchev–Trinajstić information content (AvgIpc) is 2.74. The van der Waals surface area contributed by atoms with Crippen molar-refractivity contribution in [1.29, 1.82) is 0 Å². The van der Waals surface area contributed by atoms with Crippen molar-refractivity contribution in [2.75, 3.05) is 11.1 Å². The molecule has 0 spiro atoms. The highest BCUT2D eigenvalue weighted by Crippen LogP contribution is 2.25. The third-order valence-electron chi connectivity index (χ3n) is 2.64. The molecule has 2 heterocycles. The number of nitrogens with zero attached hydrogens (tertiary/aromatic N) is 3. The van der Waals surface area contributed by atoms with Crippen molar-refractivity contribution in [2.45, 2.75) is 32.9 Å². The Hall–Kier alpha value is -2.24. The number of pyridine rings is 1. The summed E-state index contributed by atoms with van der Waals surface area (Å²) in [5, 5.41) is 3.21. The number of aromatic nitrogens is 3.